The van der Waals surface area contributed by atoms with E-state index in [4.69, 9.17) is 0 Å². The molecule has 20 heavy (non-hydrogen) atoms. The van der Waals surface area contributed by atoms with Crippen molar-refractivity contribution in [2.45, 2.75) is 25.8 Å². The van der Waals surface area contributed by atoms with Crippen LogP contribution in [0.25, 0.3) is 0 Å². The molecule has 1 aliphatic rings. The van der Waals surface area contributed by atoms with Gasteiger partial charge in [-0.05, 0) is 48.6 Å². The van der Waals surface area contributed by atoms with Gasteiger partial charge in [-0.15, -0.1) is 0 Å². The number of nitrogens with one attached hydrogen (secondary N) is 1. The number of fused-ring (bicyclic) bond motifs is 1. The van der Waals surface area contributed by atoms with Crippen LogP contribution >= 0.6 is 15.9 Å². The molecular formula is C16H14BrF2N. The van der Waals surface area contributed by atoms with E-state index in [2.05, 4.69) is 21.2 Å². The Labute approximate surface area is 125 Å². The van der Waals surface area contributed by atoms with Gasteiger partial charge in [-0.25, -0.2) is 8.78 Å². The number of rotatable bonds is 2. The zero-order chi connectivity index (χ0) is 14.3. The van der Waals surface area contributed by atoms with Gasteiger partial charge in [0.1, 0.15) is 11.6 Å². The van der Waals surface area contributed by atoms with Crippen molar-refractivity contribution in [1.29, 1.82) is 0 Å². The van der Waals surface area contributed by atoms with E-state index in [-0.39, 0.29) is 17.5 Å². The van der Waals surface area contributed by atoms with Crippen LogP contribution in [0.3, 0.4) is 0 Å². The van der Waals surface area contributed by atoms with Gasteiger partial charge in [-0.2, -0.15) is 0 Å². The number of aryl methyl sites for hydroxylation is 1. The minimum Gasteiger partial charge on any atom is -0.376 e. The van der Waals surface area contributed by atoms with Crippen molar-refractivity contribution >= 4 is 21.6 Å². The molecule has 1 aliphatic carbocycles. The molecular weight excluding hydrogens is 324 g/mol. The number of benzene rings is 2. The third kappa shape index (κ3) is 2.33. The first-order valence-electron chi connectivity index (χ1n) is 6.55. The molecule has 0 saturated heterocycles. The van der Waals surface area contributed by atoms with E-state index in [0.717, 1.165) is 22.9 Å². The molecule has 0 aliphatic heterocycles. The van der Waals surface area contributed by atoms with Crippen LogP contribution in [-0.2, 0) is 6.42 Å². The highest BCUT2D eigenvalue weighted by Crippen LogP contribution is 2.38. The summed E-state index contributed by atoms with van der Waals surface area (Å²) in [5, 5.41) is 3.12. The average molecular weight is 338 g/mol. The maximum Gasteiger partial charge on any atom is 0.146 e. The van der Waals surface area contributed by atoms with Crippen molar-refractivity contribution in [3.63, 3.8) is 0 Å². The van der Waals surface area contributed by atoms with Crippen LogP contribution in [0.4, 0.5) is 14.5 Å². The molecule has 0 amide bonds. The summed E-state index contributed by atoms with van der Waals surface area (Å²) in [6, 6.07) is 8.50. The van der Waals surface area contributed by atoms with Crippen LogP contribution in [0.1, 0.15) is 29.2 Å². The van der Waals surface area contributed by atoms with E-state index < -0.39 is 5.82 Å². The summed E-state index contributed by atoms with van der Waals surface area (Å²) in [5.41, 5.74) is 2.95. The van der Waals surface area contributed by atoms with Crippen LogP contribution < -0.4 is 5.32 Å². The van der Waals surface area contributed by atoms with Crippen LogP contribution in [0.5, 0.6) is 0 Å². The van der Waals surface area contributed by atoms with E-state index in [0.29, 0.717) is 5.56 Å². The SMILES string of the molecule is Cc1cc(F)c(NC2CCc3c(Br)cccc32)cc1F. The Morgan fingerprint density at radius 3 is 2.80 bits per heavy atom. The third-order valence-electron chi connectivity index (χ3n) is 3.79. The van der Waals surface area contributed by atoms with Gasteiger partial charge in [-0.1, -0.05) is 28.1 Å². The number of halogens is 3. The van der Waals surface area contributed by atoms with Crippen molar-refractivity contribution < 1.29 is 8.78 Å². The fourth-order valence-corrected chi connectivity index (χ4v) is 3.28. The van der Waals surface area contributed by atoms with Gasteiger partial charge in [0.05, 0.1) is 11.7 Å². The molecule has 0 aromatic heterocycles. The normalized spacial score (nSPS) is 17.1. The molecule has 0 heterocycles. The topological polar surface area (TPSA) is 12.0 Å². The van der Waals surface area contributed by atoms with E-state index in [1.54, 1.807) is 6.92 Å². The smallest absolute Gasteiger partial charge is 0.146 e. The minimum absolute atomic E-state index is 0.0270. The largest absolute Gasteiger partial charge is 0.376 e. The van der Waals surface area contributed by atoms with E-state index in [9.17, 15) is 8.78 Å². The highest BCUT2D eigenvalue weighted by molar-refractivity contribution is 9.10. The average Bonchev–Trinajstić information content (AvgIpc) is 2.81. The highest BCUT2D eigenvalue weighted by atomic mass is 79.9. The standard InChI is InChI=1S/C16H14BrF2N/c1-9-7-14(19)16(8-13(9)18)20-15-6-5-10-11(15)3-2-4-12(10)17/h2-4,7-8,15,20H,5-6H2,1H3. The van der Waals surface area contributed by atoms with Crippen molar-refractivity contribution in [3.8, 4) is 0 Å². The fraction of sp³-hybridized carbons (Fsp3) is 0.250. The number of hydrogen-bond acceptors (Lipinski definition) is 1. The molecule has 1 atom stereocenters. The molecule has 1 N–H and O–H groups in total. The molecule has 3 rings (SSSR count). The summed E-state index contributed by atoms with van der Waals surface area (Å²) >= 11 is 3.53. The van der Waals surface area contributed by atoms with Crippen molar-refractivity contribution in [3.05, 3.63) is 63.1 Å². The number of hydrogen-bond donors (Lipinski definition) is 1. The quantitative estimate of drug-likeness (QED) is 0.800. The molecule has 4 heteroatoms. The Bertz CT molecular complexity index is 670. The predicted octanol–water partition coefficient (Wildman–Crippen LogP) is 5.14. The highest BCUT2D eigenvalue weighted by Gasteiger charge is 2.24. The van der Waals surface area contributed by atoms with Crippen LogP contribution in [0, 0.1) is 18.6 Å². The van der Waals surface area contributed by atoms with Crippen LogP contribution in [0.2, 0.25) is 0 Å². The molecule has 0 spiro atoms. The third-order valence-corrected chi connectivity index (χ3v) is 4.53. The molecule has 0 fully saturated rings. The minimum atomic E-state index is -0.410. The second-order valence-corrected chi connectivity index (χ2v) is 5.98. The van der Waals surface area contributed by atoms with E-state index in [1.807, 2.05) is 18.2 Å². The Kier molecular flexibility index (Phi) is 3.50. The van der Waals surface area contributed by atoms with Gasteiger partial charge < -0.3 is 5.32 Å². The molecule has 1 nitrogen and oxygen atoms in total. The zero-order valence-electron chi connectivity index (χ0n) is 11.0. The molecule has 1 unspecified atom stereocenters. The first kappa shape index (κ1) is 13.6. The van der Waals surface area contributed by atoms with Gasteiger partial charge in [0.2, 0.25) is 0 Å². The lowest BCUT2D eigenvalue weighted by Crippen LogP contribution is -2.09. The lowest BCUT2D eigenvalue weighted by Gasteiger charge is -2.17. The van der Waals surface area contributed by atoms with Crippen molar-refractivity contribution in [2.75, 3.05) is 5.32 Å². The van der Waals surface area contributed by atoms with Crippen molar-refractivity contribution in [2.24, 2.45) is 0 Å². The summed E-state index contributed by atoms with van der Waals surface area (Å²) < 4.78 is 28.6. The molecule has 0 bridgehead atoms. The fourth-order valence-electron chi connectivity index (χ4n) is 2.70. The van der Waals surface area contributed by atoms with Crippen molar-refractivity contribution in [1.82, 2.24) is 0 Å². The Balaban J connectivity index is 1.91. The van der Waals surface area contributed by atoms with E-state index in [1.165, 1.54) is 17.7 Å². The van der Waals surface area contributed by atoms with Gasteiger partial charge in [-0.3, -0.25) is 0 Å². The summed E-state index contributed by atoms with van der Waals surface area (Å²) in [4.78, 5) is 0. The van der Waals surface area contributed by atoms with Crippen LogP contribution in [0.15, 0.2) is 34.8 Å². The lowest BCUT2D eigenvalue weighted by molar-refractivity contribution is 0.591. The Hall–Kier alpha value is -1.42. The summed E-state index contributed by atoms with van der Waals surface area (Å²) in [6.45, 7) is 1.56. The van der Waals surface area contributed by atoms with Crippen LogP contribution in [-0.4, -0.2) is 0 Å². The molecule has 104 valence electrons. The Morgan fingerprint density at radius 1 is 1.20 bits per heavy atom. The molecule has 2 aromatic carbocycles. The molecule has 0 radical (unpaired) electrons. The summed E-state index contributed by atoms with van der Waals surface area (Å²) in [6.07, 6.45) is 1.82. The Morgan fingerprint density at radius 2 is 2.00 bits per heavy atom. The zero-order valence-corrected chi connectivity index (χ0v) is 12.6. The maximum atomic E-state index is 13.9. The van der Waals surface area contributed by atoms with E-state index >= 15 is 0 Å². The van der Waals surface area contributed by atoms with Gasteiger partial charge >= 0.3 is 0 Å². The monoisotopic (exact) mass is 337 g/mol. The first-order valence-corrected chi connectivity index (χ1v) is 7.35. The van der Waals surface area contributed by atoms with Gasteiger partial charge in [0, 0.05) is 10.5 Å². The van der Waals surface area contributed by atoms with Gasteiger partial charge in [0.25, 0.3) is 0 Å². The molecule has 0 saturated carbocycles. The lowest BCUT2D eigenvalue weighted by atomic mass is 10.1. The first-order chi connectivity index (χ1) is 9.56. The second-order valence-electron chi connectivity index (χ2n) is 5.12. The summed E-state index contributed by atoms with van der Waals surface area (Å²) in [7, 11) is 0. The maximum absolute atomic E-state index is 13.9. The predicted molar refractivity (Wildman–Crippen MR) is 79.9 cm³/mol. The summed E-state index contributed by atoms with van der Waals surface area (Å²) in [5.74, 6) is -0.797. The van der Waals surface area contributed by atoms with Gasteiger partial charge in [0.15, 0.2) is 0 Å². The second kappa shape index (κ2) is 5.17. The number of anilines is 1. The molecule has 2 aromatic rings.